The monoisotopic (exact) mass is 286 g/mol. The summed E-state index contributed by atoms with van der Waals surface area (Å²) in [5.41, 5.74) is 0. The minimum absolute atomic E-state index is 0.0886. The van der Waals surface area contributed by atoms with Gasteiger partial charge in [-0.25, -0.2) is 4.68 Å². The molecule has 0 saturated carbocycles. The van der Waals surface area contributed by atoms with Crippen LogP contribution in [0.25, 0.3) is 0 Å². The number of rotatable bonds is 5. The number of morpholine rings is 1. The molecule has 6 nitrogen and oxygen atoms in total. The number of ether oxygens (including phenoxy) is 1. The molecule has 0 radical (unpaired) electrons. The van der Waals surface area contributed by atoms with E-state index in [2.05, 4.69) is 16.9 Å². The molecule has 1 unspecified atom stereocenters. The summed E-state index contributed by atoms with van der Waals surface area (Å²) >= 11 is 5.32. The summed E-state index contributed by atoms with van der Waals surface area (Å²) in [4.78, 5) is 2.30. The average molecular weight is 286 g/mol. The molecule has 1 atom stereocenters. The molecule has 1 N–H and O–H groups in total. The standard InChI is InChI=1S/C12H22N4O2S/c1-3-4-10-7-15(5-6-18-10)9-16-12(19)14(2)11(8-17)13-16/h10,17H,3-9H2,1-2H3. The van der Waals surface area contributed by atoms with Crippen molar-refractivity contribution in [2.45, 2.75) is 39.1 Å². The average Bonchev–Trinajstić information content (AvgIpc) is 2.67. The number of aromatic nitrogens is 3. The van der Waals surface area contributed by atoms with E-state index in [1.807, 2.05) is 7.05 Å². The predicted octanol–water partition coefficient (Wildman–Crippen LogP) is 0.902. The normalized spacial score (nSPS) is 20.9. The Hall–Kier alpha value is -0.760. The van der Waals surface area contributed by atoms with E-state index in [0.29, 0.717) is 23.4 Å². The zero-order valence-electron chi connectivity index (χ0n) is 11.6. The van der Waals surface area contributed by atoms with Gasteiger partial charge >= 0.3 is 0 Å². The molecule has 2 rings (SSSR count). The first-order valence-electron chi connectivity index (χ1n) is 6.73. The van der Waals surface area contributed by atoms with Crippen LogP contribution in [0.4, 0.5) is 0 Å². The molecule has 108 valence electrons. The summed E-state index contributed by atoms with van der Waals surface area (Å²) in [6.07, 6.45) is 2.54. The minimum atomic E-state index is -0.0886. The van der Waals surface area contributed by atoms with Gasteiger partial charge in [-0.05, 0) is 18.6 Å². The van der Waals surface area contributed by atoms with Crippen molar-refractivity contribution in [2.75, 3.05) is 19.7 Å². The van der Waals surface area contributed by atoms with Gasteiger partial charge in [0.05, 0.1) is 19.4 Å². The zero-order chi connectivity index (χ0) is 13.8. The number of hydrogen-bond acceptors (Lipinski definition) is 5. The van der Waals surface area contributed by atoms with E-state index in [1.54, 1.807) is 9.25 Å². The van der Waals surface area contributed by atoms with E-state index >= 15 is 0 Å². The van der Waals surface area contributed by atoms with Crippen molar-refractivity contribution < 1.29 is 9.84 Å². The van der Waals surface area contributed by atoms with Gasteiger partial charge in [0.1, 0.15) is 6.61 Å². The van der Waals surface area contributed by atoms with Crippen LogP contribution >= 0.6 is 12.2 Å². The van der Waals surface area contributed by atoms with Crippen molar-refractivity contribution in [3.05, 3.63) is 10.6 Å². The van der Waals surface area contributed by atoms with E-state index in [4.69, 9.17) is 17.0 Å². The maximum Gasteiger partial charge on any atom is 0.198 e. The van der Waals surface area contributed by atoms with Crippen LogP contribution < -0.4 is 0 Å². The second kappa shape index (κ2) is 6.60. The molecule has 1 fully saturated rings. The van der Waals surface area contributed by atoms with Crippen LogP contribution in [0, 0.1) is 4.77 Å². The lowest BCUT2D eigenvalue weighted by atomic mass is 10.2. The van der Waals surface area contributed by atoms with E-state index < -0.39 is 0 Å². The van der Waals surface area contributed by atoms with E-state index in [9.17, 15) is 5.11 Å². The van der Waals surface area contributed by atoms with Crippen LogP contribution in [0.2, 0.25) is 0 Å². The second-order valence-electron chi connectivity index (χ2n) is 4.92. The topological polar surface area (TPSA) is 55.5 Å². The summed E-state index contributed by atoms with van der Waals surface area (Å²) in [5, 5.41) is 13.5. The zero-order valence-corrected chi connectivity index (χ0v) is 12.4. The van der Waals surface area contributed by atoms with Crippen molar-refractivity contribution in [1.82, 2.24) is 19.2 Å². The third kappa shape index (κ3) is 3.42. The molecule has 1 aromatic rings. The van der Waals surface area contributed by atoms with Crippen molar-refractivity contribution in [2.24, 2.45) is 7.05 Å². The Labute approximate surface area is 118 Å². The second-order valence-corrected chi connectivity index (χ2v) is 5.28. The Morgan fingerprint density at radius 1 is 1.53 bits per heavy atom. The largest absolute Gasteiger partial charge is 0.388 e. The Morgan fingerprint density at radius 2 is 2.32 bits per heavy atom. The first-order chi connectivity index (χ1) is 9.15. The van der Waals surface area contributed by atoms with Crippen LogP contribution in [0.5, 0.6) is 0 Å². The first kappa shape index (κ1) is 14.6. The highest BCUT2D eigenvalue weighted by Crippen LogP contribution is 2.11. The number of nitrogens with zero attached hydrogens (tertiary/aromatic N) is 4. The molecule has 1 aliphatic heterocycles. The van der Waals surface area contributed by atoms with Gasteiger partial charge < -0.3 is 14.4 Å². The molecule has 1 aromatic heterocycles. The highest BCUT2D eigenvalue weighted by atomic mass is 32.1. The quantitative estimate of drug-likeness (QED) is 0.815. The van der Waals surface area contributed by atoms with Crippen molar-refractivity contribution in [1.29, 1.82) is 0 Å². The number of aliphatic hydroxyl groups excluding tert-OH is 1. The summed E-state index contributed by atoms with van der Waals surface area (Å²) in [7, 11) is 1.83. The van der Waals surface area contributed by atoms with Crippen LogP contribution in [-0.2, 0) is 25.1 Å². The summed E-state index contributed by atoms with van der Waals surface area (Å²) in [5.74, 6) is 0.600. The number of hydrogen-bond donors (Lipinski definition) is 1. The maximum absolute atomic E-state index is 9.20. The minimum Gasteiger partial charge on any atom is -0.388 e. The Morgan fingerprint density at radius 3 is 2.95 bits per heavy atom. The Balaban J connectivity index is 2.02. The highest BCUT2D eigenvalue weighted by Gasteiger charge is 2.20. The summed E-state index contributed by atoms with van der Waals surface area (Å²) < 4.78 is 9.89. The van der Waals surface area contributed by atoms with Gasteiger partial charge in [0.2, 0.25) is 0 Å². The molecular weight excluding hydrogens is 264 g/mol. The van der Waals surface area contributed by atoms with E-state index in [-0.39, 0.29) is 6.61 Å². The third-order valence-electron chi connectivity index (χ3n) is 3.44. The smallest absolute Gasteiger partial charge is 0.198 e. The third-order valence-corrected chi connectivity index (χ3v) is 3.92. The van der Waals surface area contributed by atoms with E-state index in [1.165, 1.54) is 0 Å². The van der Waals surface area contributed by atoms with Crippen molar-refractivity contribution >= 4 is 12.2 Å². The molecule has 0 aliphatic carbocycles. The van der Waals surface area contributed by atoms with Gasteiger partial charge in [-0.1, -0.05) is 13.3 Å². The van der Waals surface area contributed by atoms with E-state index in [0.717, 1.165) is 32.5 Å². The lowest BCUT2D eigenvalue weighted by Crippen LogP contribution is -2.43. The molecule has 0 amide bonds. The number of aliphatic hydroxyl groups is 1. The fourth-order valence-electron chi connectivity index (χ4n) is 2.36. The van der Waals surface area contributed by atoms with Crippen LogP contribution in [0.15, 0.2) is 0 Å². The molecule has 0 aromatic carbocycles. The predicted molar refractivity (Wildman–Crippen MR) is 74.2 cm³/mol. The molecule has 1 saturated heterocycles. The van der Waals surface area contributed by atoms with Gasteiger partial charge in [-0.15, -0.1) is 0 Å². The Kier molecular flexibility index (Phi) is 5.09. The maximum atomic E-state index is 9.20. The van der Waals surface area contributed by atoms with Gasteiger partial charge in [0, 0.05) is 20.1 Å². The fraction of sp³-hybridized carbons (Fsp3) is 0.833. The first-order valence-corrected chi connectivity index (χ1v) is 7.14. The van der Waals surface area contributed by atoms with Gasteiger partial charge in [0.25, 0.3) is 0 Å². The molecule has 0 spiro atoms. The lowest BCUT2D eigenvalue weighted by Gasteiger charge is -2.32. The molecular formula is C12H22N4O2S. The fourth-order valence-corrected chi connectivity index (χ4v) is 2.56. The molecule has 7 heteroatoms. The van der Waals surface area contributed by atoms with Gasteiger partial charge in [-0.3, -0.25) is 4.90 Å². The molecule has 1 aliphatic rings. The SMILES string of the molecule is CCCC1CN(Cn2nc(CO)n(C)c2=S)CCO1. The van der Waals surface area contributed by atoms with Crippen molar-refractivity contribution in [3.8, 4) is 0 Å². The van der Waals surface area contributed by atoms with Gasteiger partial charge in [0.15, 0.2) is 10.6 Å². The van der Waals surface area contributed by atoms with Gasteiger partial charge in [-0.2, -0.15) is 5.10 Å². The van der Waals surface area contributed by atoms with Crippen LogP contribution in [-0.4, -0.2) is 50.2 Å². The lowest BCUT2D eigenvalue weighted by molar-refractivity contribution is -0.0436. The Bertz CT molecular complexity index is 469. The molecule has 0 bridgehead atoms. The molecule has 2 heterocycles. The summed E-state index contributed by atoms with van der Waals surface area (Å²) in [6.45, 7) is 5.32. The summed E-state index contributed by atoms with van der Waals surface area (Å²) in [6, 6.07) is 0. The van der Waals surface area contributed by atoms with Crippen LogP contribution in [0.1, 0.15) is 25.6 Å². The highest BCUT2D eigenvalue weighted by molar-refractivity contribution is 7.71. The molecule has 19 heavy (non-hydrogen) atoms. The van der Waals surface area contributed by atoms with Crippen LogP contribution in [0.3, 0.4) is 0 Å². The van der Waals surface area contributed by atoms with Crippen molar-refractivity contribution in [3.63, 3.8) is 0 Å².